The molecule has 112 valence electrons. The largest absolute Gasteiger partial charge is 0.311 e. The minimum atomic E-state index is 0.500. The van der Waals surface area contributed by atoms with Gasteiger partial charge in [0, 0.05) is 36.1 Å². The predicted octanol–water partition coefficient (Wildman–Crippen LogP) is 2.57. The molecule has 1 aliphatic carbocycles. The zero-order valence-corrected chi connectivity index (χ0v) is 13.7. The zero-order valence-electron chi connectivity index (χ0n) is 12.9. The second kappa shape index (κ2) is 6.14. The van der Waals surface area contributed by atoms with Crippen LogP contribution < -0.4 is 5.32 Å². The van der Waals surface area contributed by atoms with E-state index in [9.17, 15) is 0 Å². The summed E-state index contributed by atoms with van der Waals surface area (Å²) >= 11 is 1.87. The SMILES string of the molecule is CC1CC(NCC(c2cccs2)N(C)C)CN1C1CC1. The molecule has 0 amide bonds. The highest BCUT2D eigenvalue weighted by Crippen LogP contribution is 2.33. The van der Waals surface area contributed by atoms with Gasteiger partial charge in [0.05, 0.1) is 6.04 Å². The zero-order chi connectivity index (χ0) is 14.1. The number of nitrogens with one attached hydrogen (secondary N) is 1. The van der Waals surface area contributed by atoms with Gasteiger partial charge in [-0.2, -0.15) is 0 Å². The van der Waals surface area contributed by atoms with Crippen LogP contribution in [-0.4, -0.2) is 55.1 Å². The summed E-state index contributed by atoms with van der Waals surface area (Å²) in [5.74, 6) is 0. The lowest BCUT2D eigenvalue weighted by Gasteiger charge is -2.25. The van der Waals surface area contributed by atoms with Crippen molar-refractivity contribution in [1.82, 2.24) is 15.1 Å². The first-order chi connectivity index (χ1) is 9.65. The van der Waals surface area contributed by atoms with E-state index in [1.165, 1.54) is 30.7 Å². The van der Waals surface area contributed by atoms with Crippen molar-refractivity contribution < 1.29 is 0 Å². The van der Waals surface area contributed by atoms with Gasteiger partial charge in [0.15, 0.2) is 0 Å². The van der Waals surface area contributed by atoms with Crippen molar-refractivity contribution >= 4 is 11.3 Å². The molecular formula is C16H27N3S. The molecule has 3 atom stereocenters. The highest BCUT2D eigenvalue weighted by molar-refractivity contribution is 7.10. The maximum atomic E-state index is 3.82. The molecule has 0 bridgehead atoms. The normalized spacial score (nSPS) is 29.2. The molecule has 0 spiro atoms. The Hall–Kier alpha value is -0.420. The average Bonchev–Trinajstić information content (AvgIpc) is 2.96. The fourth-order valence-corrected chi connectivity index (χ4v) is 4.34. The van der Waals surface area contributed by atoms with Crippen LogP contribution in [0.5, 0.6) is 0 Å². The third-order valence-corrected chi connectivity index (χ3v) is 5.71. The highest BCUT2D eigenvalue weighted by atomic mass is 32.1. The second-order valence-electron chi connectivity index (χ2n) is 6.61. The van der Waals surface area contributed by atoms with E-state index in [1.54, 1.807) is 0 Å². The number of nitrogens with zero attached hydrogens (tertiary/aromatic N) is 2. The van der Waals surface area contributed by atoms with E-state index in [0.717, 1.165) is 18.6 Å². The van der Waals surface area contributed by atoms with E-state index in [0.29, 0.717) is 12.1 Å². The topological polar surface area (TPSA) is 18.5 Å². The van der Waals surface area contributed by atoms with Gasteiger partial charge in [0.2, 0.25) is 0 Å². The molecule has 1 aliphatic heterocycles. The molecule has 2 heterocycles. The summed E-state index contributed by atoms with van der Waals surface area (Å²) in [4.78, 5) is 6.51. The highest BCUT2D eigenvalue weighted by Gasteiger charge is 2.38. The Balaban J connectivity index is 1.53. The second-order valence-corrected chi connectivity index (χ2v) is 7.59. The molecule has 2 aliphatic rings. The van der Waals surface area contributed by atoms with Gasteiger partial charge in [0.1, 0.15) is 0 Å². The van der Waals surface area contributed by atoms with E-state index < -0.39 is 0 Å². The summed E-state index contributed by atoms with van der Waals surface area (Å²) in [6.07, 6.45) is 4.15. The number of hydrogen-bond acceptors (Lipinski definition) is 4. The number of likely N-dealkylation sites (tertiary alicyclic amines) is 1. The third-order valence-electron chi connectivity index (χ3n) is 4.73. The smallest absolute Gasteiger partial charge is 0.0561 e. The van der Waals surface area contributed by atoms with Gasteiger partial charge >= 0.3 is 0 Å². The maximum absolute atomic E-state index is 3.82. The first-order valence-electron chi connectivity index (χ1n) is 7.84. The summed E-state index contributed by atoms with van der Waals surface area (Å²) in [6, 6.07) is 7.25. The molecular weight excluding hydrogens is 266 g/mol. The monoisotopic (exact) mass is 293 g/mol. The number of hydrogen-bond donors (Lipinski definition) is 1. The van der Waals surface area contributed by atoms with Gasteiger partial charge in [-0.25, -0.2) is 0 Å². The molecule has 1 saturated heterocycles. The first kappa shape index (κ1) is 14.5. The lowest BCUT2D eigenvalue weighted by molar-refractivity contribution is 0.251. The molecule has 2 fully saturated rings. The van der Waals surface area contributed by atoms with Gasteiger partial charge in [-0.1, -0.05) is 6.07 Å². The quantitative estimate of drug-likeness (QED) is 0.869. The third kappa shape index (κ3) is 3.25. The molecule has 3 unspecified atom stereocenters. The van der Waals surface area contributed by atoms with Crippen LogP contribution in [0.1, 0.15) is 37.1 Å². The minimum Gasteiger partial charge on any atom is -0.311 e. The van der Waals surface area contributed by atoms with E-state index in [-0.39, 0.29) is 0 Å². The van der Waals surface area contributed by atoms with Crippen molar-refractivity contribution in [2.45, 2.75) is 50.4 Å². The summed E-state index contributed by atoms with van der Waals surface area (Å²) in [5, 5.41) is 6.00. The average molecular weight is 293 g/mol. The van der Waals surface area contributed by atoms with Gasteiger partial charge in [0.25, 0.3) is 0 Å². The van der Waals surface area contributed by atoms with Gasteiger partial charge in [-0.05, 0) is 51.7 Å². The Morgan fingerprint density at radius 3 is 2.85 bits per heavy atom. The van der Waals surface area contributed by atoms with Gasteiger partial charge in [-0.3, -0.25) is 4.90 Å². The van der Waals surface area contributed by atoms with Crippen LogP contribution in [0.4, 0.5) is 0 Å². The molecule has 1 aromatic heterocycles. The predicted molar refractivity (Wildman–Crippen MR) is 86.3 cm³/mol. The fraction of sp³-hybridized carbons (Fsp3) is 0.750. The van der Waals surface area contributed by atoms with Crippen molar-refractivity contribution in [2.75, 3.05) is 27.2 Å². The van der Waals surface area contributed by atoms with Crippen LogP contribution in [0.2, 0.25) is 0 Å². The van der Waals surface area contributed by atoms with Crippen molar-refractivity contribution in [3.05, 3.63) is 22.4 Å². The lowest BCUT2D eigenvalue weighted by atomic mass is 10.1. The summed E-state index contributed by atoms with van der Waals surface area (Å²) in [5.41, 5.74) is 0. The van der Waals surface area contributed by atoms with E-state index in [1.807, 2.05) is 11.3 Å². The Morgan fingerprint density at radius 1 is 1.45 bits per heavy atom. The van der Waals surface area contributed by atoms with Crippen molar-refractivity contribution in [1.29, 1.82) is 0 Å². The standard InChI is InChI=1S/C16H27N3S/c1-12-9-13(11-19(12)14-6-7-14)17-10-15(18(2)3)16-5-4-8-20-16/h4-5,8,12-15,17H,6-7,9-11H2,1-3H3. The molecule has 3 rings (SSSR count). The van der Waals surface area contributed by atoms with E-state index in [2.05, 4.69) is 53.6 Å². The molecule has 20 heavy (non-hydrogen) atoms. The first-order valence-corrected chi connectivity index (χ1v) is 8.72. The summed E-state index contributed by atoms with van der Waals surface area (Å²) in [6.45, 7) is 4.70. The molecule has 4 heteroatoms. The molecule has 1 N–H and O–H groups in total. The Morgan fingerprint density at radius 2 is 2.25 bits per heavy atom. The summed E-state index contributed by atoms with van der Waals surface area (Å²) in [7, 11) is 4.36. The molecule has 0 aromatic carbocycles. The van der Waals surface area contributed by atoms with Crippen LogP contribution in [-0.2, 0) is 0 Å². The Labute approximate surface area is 127 Å². The van der Waals surface area contributed by atoms with Crippen molar-refractivity contribution in [2.24, 2.45) is 0 Å². The molecule has 1 saturated carbocycles. The Bertz CT molecular complexity index is 413. The van der Waals surface area contributed by atoms with Crippen LogP contribution in [0.25, 0.3) is 0 Å². The van der Waals surface area contributed by atoms with Crippen molar-refractivity contribution in [3.8, 4) is 0 Å². The molecule has 0 radical (unpaired) electrons. The van der Waals surface area contributed by atoms with Gasteiger partial charge < -0.3 is 10.2 Å². The molecule has 3 nitrogen and oxygen atoms in total. The maximum Gasteiger partial charge on any atom is 0.0561 e. The van der Waals surface area contributed by atoms with Crippen LogP contribution in [0, 0.1) is 0 Å². The molecule has 1 aromatic rings. The van der Waals surface area contributed by atoms with E-state index in [4.69, 9.17) is 0 Å². The van der Waals surface area contributed by atoms with Crippen molar-refractivity contribution in [3.63, 3.8) is 0 Å². The lowest BCUT2D eigenvalue weighted by Crippen LogP contribution is -2.38. The number of rotatable bonds is 6. The van der Waals surface area contributed by atoms with Crippen LogP contribution in [0.15, 0.2) is 17.5 Å². The van der Waals surface area contributed by atoms with Gasteiger partial charge in [-0.15, -0.1) is 11.3 Å². The van der Waals surface area contributed by atoms with Crippen LogP contribution in [0.3, 0.4) is 0 Å². The number of thiophene rings is 1. The van der Waals surface area contributed by atoms with Crippen LogP contribution >= 0.6 is 11.3 Å². The summed E-state index contributed by atoms with van der Waals surface area (Å²) < 4.78 is 0. The minimum absolute atomic E-state index is 0.500. The van der Waals surface area contributed by atoms with E-state index >= 15 is 0 Å². The Kier molecular flexibility index (Phi) is 4.46. The number of likely N-dealkylation sites (N-methyl/N-ethyl adjacent to an activating group) is 1. The fourth-order valence-electron chi connectivity index (χ4n) is 3.42.